The van der Waals surface area contributed by atoms with Crippen LogP contribution in [0.15, 0.2) is 52.4 Å². The summed E-state index contributed by atoms with van der Waals surface area (Å²) < 4.78 is 21.3. The molecule has 8 heteroatoms. The summed E-state index contributed by atoms with van der Waals surface area (Å²) in [5.41, 5.74) is 13.8. The number of nitrogens with zero attached hydrogens (tertiary/aromatic N) is 2. The fourth-order valence-electron chi connectivity index (χ4n) is 2.76. The maximum atomic E-state index is 14.2. The average molecular weight is 401 g/mol. The molecule has 0 amide bonds. The smallest absolute Gasteiger partial charge is 0.261 e. The second-order valence-electron chi connectivity index (χ2n) is 6.11. The quantitative estimate of drug-likeness (QED) is 0.513. The molecular formula is C20H18ClFN4O2. The Morgan fingerprint density at radius 2 is 1.86 bits per heavy atom. The van der Waals surface area contributed by atoms with E-state index < -0.39 is 5.82 Å². The lowest BCUT2D eigenvalue weighted by Crippen LogP contribution is -2.23. The van der Waals surface area contributed by atoms with E-state index in [9.17, 15) is 9.18 Å². The summed E-state index contributed by atoms with van der Waals surface area (Å²) in [5.74, 6) is -0.295. The first kappa shape index (κ1) is 19.4. The van der Waals surface area contributed by atoms with Crippen LogP contribution >= 0.6 is 11.6 Å². The van der Waals surface area contributed by atoms with Gasteiger partial charge in [0.25, 0.3) is 5.56 Å². The van der Waals surface area contributed by atoms with Crippen molar-refractivity contribution in [1.29, 1.82) is 0 Å². The molecule has 28 heavy (non-hydrogen) atoms. The SMILES string of the molecule is CN=Cc1c(N)c(-c2cc(N)ccc2Oc2ccc(Cl)cc2F)cn(C)c1=O. The molecule has 0 radical (unpaired) electrons. The van der Waals surface area contributed by atoms with Gasteiger partial charge < -0.3 is 20.8 Å². The first-order valence-corrected chi connectivity index (χ1v) is 8.63. The molecule has 0 saturated heterocycles. The van der Waals surface area contributed by atoms with Crippen molar-refractivity contribution in [3.63, 3.8) is 0 Å². The Morgan fingerprint density at radius 1 is 1.14 bits per heavy atom. The van der Waals surface area contributed by atoms with Crippen molar-refractivity contribution in [2.45, 2.75) is 0 Å². The molecule has 0 aliphatic heterocycles. The standard InChI is InChI=1S/C20H18ClFN4O2/c1-25-9-14-19(24)15(10-26(2)20(14)27)13-8-12(23)4-6-17(13)28-18-5-3-11(21)7-16(18)22/h3-10H,23-24H2,1-2H3. The third kappa shape index (κ3) is 3.70. The van der Waals surface area contributed by atoms with E-state index in [1.165, 1.54) is 22.9 Å². The zero-order valence-corrected chi connectivity index (χ0v) is 16.0. The second kappa shape index (κ2) is 7.74. The molecule has 6 nitrogen and oxygen atoms in total. The number of hydrogen-bond acceptors (Lipinski definition) is 5. The Balaban J connectivity index is 2.21. The first-order valence-electron chi connectivity index (χ1n) is 8.26. The van der Waals surface area contributed by atoms with Gasteiger partial charge in [0.2, 0.25) is 0 Å². The molecule has 3 rings (SSSR count). The van der Waals surface area contributed by atoms with Crippen molar-refractivity contribution in [2.24, 2.45) is 12.0 Å². The highest BCUT2D eigenvalue weighted by Crippen LogP contribution is 2.38. The number of rotatable bonds is 4. The van der Waals surface area contributed by atoms with Crippen LogP contribution in [0.4, 0.5) is 15.8 Å². The minimum absolute atomic E-state index is 0.00541. The molecule has 0 spiro atoms. The van der Waals surface area contributed by atoms with E-state index >= 15 is 0 Å². The van der Waals surface area contributed by atoms with Crippen molar-refractivity contribution in [3.05, 3.63) is 69.4 Å². The number of aliphatic imine (C=N–C) groups is 1. The Bertz CT molecular complexity index is 1140. The van der Waals surface area contributed by atoms with Crippen LogP contribution in [-0.4, -0.2) is 17.8 Å². The molecule has 0 aliphatic rings. The molecule has 0 bridgehead atoms. The minimum Gasteiger partial charge on any atom is -0.454 e. The lowest BCUT2D eigenvalue weighted by Gasteiger charge is -2.16. The molecule has 4 N–H and O–H groups in total. The minimum atomic E-state index is -0.609. The van der Waals surface area contributed by atoms with Gasteiger partial charge in [0.05, 0.1) is 11.3 Å². The second-order valence-corrected chi connectivity index (χ2v) is 6.54. The van der Waals surface area contributed by atoms with Crippen LogP contribution in [0.2, 0.25) is 5.02 Å². The fraction of sp³-hybridized carbons (Fsp3) is 0.100. The van der Waals surface area contributed by atoms with Gasteiger partial charge in [-0.25, -0.2) is 4.39 Å². The highest BCUT2D eigenvalue weighted by Gasteiger charge is 2.17. The van der Waals surface area contributed by atoms with E-state index in [0.717, 1.165) is 6.07 Å². The van der Waals surface area contributed by atoms with Crippen LogP contribution in [-0.2, 0) is 7.05 Å². The average Bonchev–Trinajstić information content (AvgIpc) is 2.65. The third-order valence-electron chi connectivity index (χ3n) is 4.12. The van der Waals surface area contributed by atoms with Crippen LogP contribution in [0.5, 0.6) is 11.5 Å². The normalized spacial score (nSPS) is 11.1. The number of aryl methyl sites for hydroxylation is 1. The van der Waals surface area contributed by atoms with E-state index in [4.69, 9.17) is 27.8 Å². The van der Waals surface area contributed by atoms with E-state index in [1.807, 2.05) is 0 Å². The van der Waals surface area contributed by atoms with Crippen molar-refractivity contribution in [1.82, 2.24) is 4.57 Å². The summed E-state index contributed by atoms with van der Waals surface area (Å²) >= 11 is 5.79. The van der Waals surface area contributed by atoms with E-state index in [2.05, 4.69) is 4.99 Å². The number of nitrogens with two attached hydrogens (primary N) is 2. The van der Waals surface area contributed by atoms with Gasteiger partial charge in [0.1, 0.15) is 5.75 Å². The van der Waals surface area contributed by atoms with Gasteiger partial charge in [-0.05, 0) is 36.4 Å². The summed E-state index contributed by atoms with van der Waals surface area (Å²) in [7, 11) is 3.15. The van der Waals surface area contributed by atoms with Gasteiger partial charge in [0.15, 0.2) is 11.6 Å². The number of aromatic nitrogens is 1. The van der Waals surface area contributed by atoms with Gasteiger partial charge in [0, 0.05) is 48.3 Å². The van der Waals surface area contributed by atoms with Crippen LogP contribution in [0.3, 0.4) is 0 Å². The molecular weight excluding hydrogens is 383 g/mol. The number of nitrogen functional groups attached to an aromatic ring is 2. The van der Waals surface area contributed by atoms with Crippen LogP contribution in [0.25, 0.3) is 11.1 Å². The predicted octanol–water partition coefficient (Wildman–Crippen LogP) is 3.85. The van der Waals surface area contributed by atoms with E-state index in [0.29, 0.717) is 22.6 Å². The van der Waals surface area contributed by atoms with Crippen molar-refractivity contribution in [2.75, 3.05) is 18.5 Å². The summed E-state index contributed by atoms with van der Waals surface area (Å²) in [4.78, 5) is 16.3. The topological polar surface area (TPSA) is 95.6 Å². The largest absolute Gasteiger partial charge is 0.454 e. The monoisotopic (exact) mass is 400 g/mol. The van der Waals surface area contributed by atoms with E-state index in [1.54, 1.807) is 38.5 Å². The fourth-order valence-corrected chi connectivity index (χ4v) is 2.92. The number of anilines is 2. The number of benzene rings is 2. The highest BCUT2D eigenvalue weighted by atomic mass is 35.5. The van der Waals surface area contributed by atoms with Gasteiger partial charge in [-0.15, -0.1) is 0 Å². The first-order chi connectivity index (χ1) is 13.3. The number of ether oxygens (including phenoxy) is 1. The number of halogens is 2. The number of hydrogen-bond donors (Lipinski definition) is 2. The van der Waals surface area contributed by atoms with Gasteiger partial charge in [-0.2, -0.15) is 0 Å². The Labute approximate surface area is 165 Å². The number of pyridine rings is 1. The summed E-state index contributed by atoms with van der Waals surface area (Å²) in [6, 6.07) is 8.98. The van der Waals surface area contributed by atoms with Gasteiger partial charge in [-0.3, -0.25) is 9.79 Å². The highest BCUT2D eigenvalue weighted by molar-refractivity contribution is 6.30. The molecule has 3 aromatic rings. The Morgan fingerprint density at radius 3 is 2.54 bits per heavy atom. The van der Waals surface area contributed by atoms with Crippen molar-refractivity contribution in [3.8, 4) is 22.6 Å². The molecule has 1 heterocycles. The molecule has 0 saturated carbocycles. The summed E-state index contributed by atoms with van der Waals surface area (Å²) in [5, 5.41) is 0.258. The maximum Gasteiger partial charge on any atom is 0.261 e. The summed E-state index contributed by atoms with van der Waals surface area (Å²) in [6.45, 7) is 0. The van der Waals surface area contributed by atoms with Gasteiger partial charge in [-0.1, -0.05) is 11.6 Å². The molecule has 0 aliphatic carbocycles. The molecule has 144 valence electrons. The molecule has 2 aromatic carbocycles. The molecule has 0 unspecified atom stereocenters. The predicted molar refractivity (Wildman–Crippen MR) is 111 cm³/mol. The zero-order valence-electron chi connectivity index (χ0n) is 15.2. The van der Waals surface area contributed by atoms with Crippen molar-refractivity contribution < 1.29 is 9.13 Å². The lowest BCUT2D eigenvalue weighted by molar-refractivity contribution is 0.444. The molecule has 0 atom stereocenters. The van der Waals surface area contributed by atoms with Crippen LogP contribution in [0.1, 0.15) is 5.56 Å². The maximum absolute atomic E-state index is 14.2. The lowest BCUT2D eigenvalue weighted by atomic mass is 10.0. The molecule has 1 aromatic heterocycles. The third-order valence-corrected chi connectivity index (χ3v) is 4.35. The molecule has 0 fully saturated rings. The van der Waals surface area contributed by atoms with E-state index in [-0.39, 0.29) is 27.6 Å². The Kier molecular flexibility index (Phi) is 5.37. The zero-order chi connectivity index (χ0) is 20.4. The van der Waals surface area contributed by atoms with Crippen molar-refractivity contribution >= 4 is 29.2 Å². The van der Waals surface area contributed by atoms with Crippen LogP contribution < -0.4 is 21.8 Å². The van der Waals surface area contributed by atoms with Gasteiger partial charge >= 0.3 is 0 Å². The summed E-state index contributed by atoms with van der Waals surface area (Å²) in [6.07, 6.45) is 2.97. The Hall–Kier alpha value is -3.32. The van der Waals surface area contributed by atoms with Crippen LogP contribution in [0, 0.1) is 5.82 Å².